The van der Waals surface area contributed by atoms with Gasteiger partial charge in [0.2, 0.25) is 5.69 Å². The van der Waals surface area contributed by atoms with E-state index < -0.39 is 0 Å². The zero-order valence-electron chi connectivity index (χ0n) is 5.37. The first kappa shape index (κ1) is 5.41. The van der Waals surface area contributed by atoms with Gasteiger partial charge in [-0.3, -0.25) is 0 Å². The van der Waals surface area contributed by atoms with E-state index in [1.54, 1.807) is 6.21 Å². The van der Waals surface area contributed by atoms with Crippen LogP contribution < -0.4 is 4.98 Å². The van der Waals surface area contributed by atoms with Crippen LogP contribution in [0.2, 0.25) is 0 Å². The molecule has 50 valence electrons. The molecule has 1 aromatic rings. The largest absolute Gasteiger partial charge is 0.390 e. The van der Waals surface area contributed by atoms with E-state index in [-0.39, 0.29) is 0 Å². The molecule has 0 saturated heterocycles. The second-order valence-electron chi connectivity index (χ2n) is 2.12. The van der Waals surface area contributed by atoms with Gasteiger partial charge in [-0.25, -0.2) is 4.98 Å². The molecule has 0 bridgehead atoms. The van der Waals surface area contributed by atoms with Gasteiger partial charge in [0, 0.05) is 6.07 Å². The third-order valence-electron chi connectivity index (χ3n) is 1.45. The van der Waals surface area contributed by atoms with Gasteiger partial charge in [-0.15, -0.1) is 0 Å². The van der Waals surface area contributed by atoms with E-state index in [1.165, 1.54) is 0 Å². The summed E-state index contributed by atoms with van der Waals surface area (Å²) in [6.07, 6.45) is 3.55. The third-order valence-corrected chi connectivity index (χ3v) is 1.45. The maximum absolute atomic E-state index is 4.85. The van der Waals surface area contributed by atoms with Gasteiger partial charge in [-0.2, -0.15) is 0 Å². The van der Waals surface area contributed by atoms with Crippen LogP contribution in [0.5, 0.6) is 0 Å². The van der Waals surface area contributed by atoms with Gasteiger partial charge in [0.05, 0.1) is 5.56 Å². The van der Waals surface area contributed by atoms with Crippen molar-refractivity contribution < 1.29 is 9.82 Å². The molecule has 3 heteroatoms. The Hall–Kier alpha value is -1.38. The highest BCUT2D eigenvalue weighted by Gasteiger charge is 2.09. The van der Waals surface area contributed by atoms with E-state index in [9.17, 15) is 0 Å². The van der Waals surface area contributed by atoms with Gasteiger partial charge in [0.25, 0.3) is 0 Å². The summed E-state index contributed by atoms with van der Waals surface area (Å²) in [5, 5.41) is 3.66. The number of oxime groups is 1. The van der Waals surface area contributed by atoms with Crippen LogP contribution in [0.25, 0.3) is 0 Å². The van der Waals surface area contributed by atoms with Crippen molar-refractivity contribution in [2.75, 3.05) is 0 Å². The van der Waals surface area contributed by atoms with E-state index >= 15 is 0 Å². The lowest BCUT2D eigenvalue weighted by molar-refractivity contribution is -0.381. The highest BCUT2D eigenvalue weighted by molar-refractivity contribution is 5.76. The lowest BCUT2D eigenvalue weighted by Gasteiger charge is -2.02. The maximum atomic E-state index is 4.85. The standard InChI is InChI=1S/C7H6N2O/c1-2-6-5-10-9-4-7(6)8-3-1/h1-4H,5H2/p+1. The van der Waals surface area contributed by atoms with Crippen LogP contribution in [-0.4, -0.2) is 6.21 Å². The fourth-order valence-corrected chi connectivity index (χ4v) is 0.927. The first-order valence-corrected chi connectivity index (χ1v) is 3.12. The van der Waals surface area contributed by atoms with Crippen LogP contribution >= 0.6 is 0 Å². The van der Waals surface area contributed by atoms with Crippen molar-refractivity contribution in [3.63, 3.8) is 0 Å². The Morgan fingerprint density at radius 2 is 2.60 bits per heavy atom. The van der Waals surface area contributed by atoms with Crippen LogP contribution in [0, 0.1) is 0 Å². The van der Waals surface area contributed by atoms with Gasteiger partial charge in [-0.1, -0.05) is 5.16 Å². The fourth-order valence-electron chi connectivity index (χ4n) is 0.927. The molecule has 1 aromatic heterocycles. The molecule has 0 aromatic carbocycles. The van der Waals surface area contributed by atoms with Crippen molar-refractivity contribution in [3.8, 4) is 0 Å². The number of aromatic amines is 1. The summed E-state index contributed by atoms with van der Waals surface area (Å²) in [5.74, 6) is 0. The Kier molecular flexibility index (Phi) is 1.13. The van der Waals surface area contributed by atoms with Crippen molar-refractivity contribution in [1.82, 2.24) is 0 Å². The average molecular weight is 135 g/mol. The highest BCUT2D eigenvalue weighted by atomic mass is 16.6. The summed E-state index contributed by atoms with van der Waals surface area (Å²) >= 11 is 0. The molecule has 0 fully saturated rings. The Morgan fingerprint density at radius 3 is 3.50 bits per heavy atom. The molecule has 0 unspecified atom stereocenters. The fraction of sp³-hybridized carbons (Fsp3) is 0.143. The molecule has 2 rings (SSSR count). The lowest BCUT2D eigenvalue weighted by atomic mass is 10.2. The van der Waals surface area contributed by atoms with Crippen LogP contribution in [0.4, 0.5) is 0 Å². The van der Waals surface area contributed by atoms with Crippen molar-refractivity contribution >= 4 is 6.21 Å². The summed E-state index contributed by atoms with van der Waals surface area (Å²) in [6.45, 7) is 0.573. The molecule has 0 amide bonds. The number of hydrogen-bond acceptors (Lipinski definition) is 2. The second kappa shape index (κ2) is 2.10. The molecule has 10 heavy (non-hydrogen) atoms. The van der Waals surface area contributed by atoms with Gasteiger partial charge < -0.3 is 4.84 Å². The van der Waals surface area contributed by atoms with E-state index in [0.717, 1.165) is 11.3 Å². The number of nitrogens with zero attached hydrogens (tertiary/aromatic N) is 1. The topological polar surface area (TPSA) is 35.7 Å². The number of fused-ring (bicyclic) bond motifs is 1. The molecular formula is C7H7N2O+. The number of pyridine rings is 1. The molecule has 0 saturated carbocycles. The summed E-state index contributed by atoms with van der Waals surface area (Å²) in [7, 11) is 0. The molecular weight excluding hydrogens is 128 g/mol. The van der Waals surface area contributed by atoms with Crippen molar-refractivity contribution in [2.24, 2.45) is 5.16 Å². The van der Waals surface area contributed by atoms with E-state index in [0.29, 0.717) is 6.61 Å². The predicted octanol–water partition coefficient (Wildman–Crippen LogP) is 0.365. The molecule has 1 aliphatic heterocycles. The van der Waals surface area contributed by atoms with Crippen molar-refractivity contribution in [3.05, 3.63) is 29.6 Å². The number of H-pyrrole nitrogens is 1. The van der Waals surface area contributed by atoms with Gasteiger partial charge in [-0.05, 0) is 6.07 Å². The first-order chi connectivity index (χ1) is 4.97. The molecule has 0 spiro atoms. The normalized spacial score (nSPS) is 14.0. The molecule has 1 aliphatic rings. The SMILES string of the molecule is C1=NOCc2ccc[nH+]c21. The maximum Gasteiger partial charge on any atom is 0.232 e. The van der Waals surface area contributed by atoms with E-state index in [2.05, 4.69) is 10.1 Å². The highest BCUT2D eigenvalue weighted by Crippen LogP contribution is 2.05. The molecule has 3 nitrogen and oxygen atoms in total. The predicted molar refractivity (Wildman–Crippen MR) is 35.4 cm³/mol. The lowest BCUT2D eigenvalue weighted by Crippen LogP contribution is -2.15. The molecule has 1 N–H and O–H groups in total. The van der Waals surface area contributed by atoms with Crippen molar-refractivity contribution in [2.45, 2.75) is 6.61 Å². The van der Waals surface area contributed by atoms with Crippen LogP contribution in [0.3, 0.4) is 0 Å². The van der Waals surface area contributed by atoms with Crippen molar-refractivity contribution in [1.29, 1.82) is 0 Å². The minimum atomic E-state index is 0.573. The number of hydrogen-bond donors (Lipinski definition) is 0. The molecule has 0 atom stereocenters. The molecule has 0 aliphatic carbocycles. The smallest absolute Gasteiger partial charge is 0.232 e. The van der Waals surface area contributed by atoms with E-state index in [1.807, 2.05) is 18.3 Å². The summed E-state index contributed by atoms with van der Waals surface area (Å²) in [6, 6.07) is 3.96. The summed E-state index contributed by atoms with van der Waals surface area (Å²) in [4.78, 5) is 7.90. The third kappa shape index (κ3) is 0.757. The first-order valence-electron chi connectivity index (χ1n) is 3.12. The number of nitrogens with one attached hydrogen (secondary N) is 1. The second-order valence-corrected chi connectivity index (χ2v) is 2.12. The minimum absolute atomic E-state index is 0.573. The number of aromatic nitrogens is 1. The Balaban J connectivity index is 2.54. The minimum Gasteiger partial charge on any atom is -0.390 e. The molecule has 0 radical (unpaired) electrons. The monoisotopic (exact) mass is 135 g/mol. The summed E-state index contributed by atoms with van der Waals surface area (Å²) < 4.78 is 0. The zero-order chi connectivity index (χ0) is 6.81. The van der Waals surface area contributed by atoms with E-state index in [4.69, 9.17) is 4.84 Å². The van der Waals surface area contributed by atoms with Crippen LogP contribution in [0.1, 0.15) is 11.3 Å². The van der Waals surface area contributed by atoms with Gasteiger partial charge in [0.1, 0.15) is 12.8 Å². The Labute approximate surface area is 58.3 Å². The number of rotatable bonds is 0. The summed E-state index contributed by atoms with van der Waals surface area (Å²) in [5.41, 5.74) is 2.19. The average Bonchev–Trinajstić information content (AvgIpc) is 2.05. The Morgan fingerprint density at radius 1 is 1.60 bits per heavy atom. The molecule has 2 heterocycles. The van der Waals surface area contributed by atoms with Crippen LogP contribution in [0.15, 0.2) is 23.5 Å². The van der Waals surface area contributed by atoms with Gasteiger partial charge >= 0.3 is 0 Å². The zero-order valence-corrected chi connectivity index (χ0v) is 5.37. The van der Waals surface area contributed by atoms with Crippen LogP contribution in [-0.2, 0) is 11.4 Å². The van der Waals surface area contributed by atoms with Gasteiger partial charge in [0.15, 0.2) is 6.20 Å². The Bertz CT molecular complexity index is 270. The quantitative estimate of drug-likeness (QED) is 0.506.